The largest absolute Gasteiger partial charge is 0.480 e. The predicted octanol–water partition coefficient (Wildman–Crippen LogP) is 0.262. The molecule has 0 saturated carbocycles. The highest BCUT2D eigenvalue weighted by Gasteiger charge is 2.07. The van der Waals surface area contributed by atoms with Gasteiger partial charge >= 0.3 is 0 Å². The van der Waals surface area contributed by atoms with E-state index in [0.717, 1.165) is 6.26 Å². The Morgan fingerprint density at radius 2 is 2.31 bits per heavy atom. The van der Waals surface area contributed by atoms with Crippen molar-refractivity contribution in [3.8, 4) is 5.88 Å². The van der Waals surface area contributed by atoms with Crippen molar-refractivity contribution in [3.05, 3.63) is 18.3 Å². The third-order valence-corrected chi connectivity index (χ3v) is 1.79. The molecule has 1 aromatic rings. The molecule has 0 aliphatic heterocycles. The van der Waals surface area contributed by atoms with Crippen molar-refractivity contribution in [1.82, 2.24) is 4.98 Å². The van der Waals surface area contributed by atoms with Crippen molar-refractivity contribution in [1.29, 1.82) is 0 Å². The first kappa shape index (κ1) is 9.79. The summed E-state index contributed by atoms with van der Waals surface area (Å²) in [5.74, 6) is 0.226. The van der Waals surface area contributed by atoms with Gasteiger partial charge in [0.15, 0.2) is 0 Å². The minimum Gasteiger partial charge on any atom is -0.480 e. The van der Waals surface area contributed by atoms with Gasteiger partial charge in [0.25, 0.3) is 0 Å². The molecule has 0 atom stereocenters. The zero-order valence-electron chi connectivity index (χ0n) is 7.23. The molecule has 0 aromatic carbocycles. The van der Waals surface area contributed by atoms with Gasteiger partial charge in [-0.15, -0.1) is 0 Å². The summed E-state index contributed by atoms with van der Waals surface area (Å²) in [7, 11) is -1.89. The molecule has 0 aliphatic rings. The number of methoxy groups -OCH3 is 1. The quantitative estimate of drug-likeness (QED) is 0.761. The van der Waals surface area contributed by atoms with Gasteiger partial charge in [-0.1, -0.05) is 0 Å². The van der Waals surface area contributed by atoms with Gasteiger partial charge in [-0.2, -0.15) is 0 Å². The molecule has 1 N–H and O–H groups in total. The van der Waals surface area contributed by atoms with Crippen LogP contribution in [0.1, 0.15) is 0 Å². The second-order valence-electron chi connectivity index (χ2n) is 2.37. The van der Waals surface area contributed by atoms with Crippen LogP contribution in [0.3, 0.4) is 0 Å². The highest BCUT2D eigenvalue weighted by Crippen LogP contribution is 2.20. The molecule has 5 nitrogen and oxygen atoms in total. The molecule has 0 fully saturated rings. The lowest BCUT2D eigenvalue weighted by atomic mass is 10.4. The van der Waals surface area contributed by atoms with Crippen LogP contribution in [0.15, 0.2) is 12.3 Å². The number of rotatable bonds is 3. The number of aromatic nitrogens is 1. The molecule has 0 spiro atoms. The van der Waals surface area contributed by atoms with Crippen molar-refractivity contribution >= 4 is 15.7 Å². The highest BCUT2D eigenvalue weighted by molar-refractivity contribution is 7.92. The average Bonchev–Trinajstić information content (AvgIpc) is 2.02. The number of nitrogens with zero attached hydrogens (tertiary/aromatic N) is 1. The van der Waals surface area contributed by atoms with Gasteiger partial charge in [-0.3, -0.25) is 4.72 Å². The SMILES string of the molecule is COc1nc[c]cc1NS(C)(=O)=O. The monoisotopic (exact) mass is 201 g/mol. The van der Waals surface area contributed by atoms with Crippen LogP contribution in [0.4, 0.5) is 5.69 Å². The Bertz CT molecular complexity index is 388. The first-order valence-corrected chi connectivity index (χ1v) is 5.30. The normalized spacial score (nSPS) is 10.9. The summed E-state index contributed by atoms with van der Waals surface area (Å²) in [6, 6.07) is 4.09. The fraction of sp³-hybridized carbons (Fsp3) is 0.286. The summed E-state index contributed by atoms with van der Waals surface area (Å²) < 4.78 is 28.8. The molecular formula is C7H9N2O3S. The van der Waals surface area contributed by atoms with Gasteiger partial charge in [0.2, 0.25) is 15.9 Å². The van der Waals surface area contributed by atoms with Crippen LogP contribution in [0.5, 0.6) is 5.88 Å². The second-order valence-corrected chi connectivity index (χ2v) is 4.11. The van der Waals surface area contributed by atoms with E-state index >= 15 is 0 Å². The van der Waals surface area contributed by atoms with Crippen molar-refractivity contribution in [2.75, 3.05) is 18.1 Å². The lowest BCUT2D eigenvalue weighted by molar-refractivity contribution is 0.400. The molecule has 0 saturated heterocycles. The molecule has 0 aliphatic carbocycles. The van der Waals surface area contributed by atoms with Crippen LogP contribution in [-0.4, -0.2) is 26.8 Å². The minimum absolute atomic E-state index is 0.226. The third-order valence-electron chi connectivity index (χ3n) is 1.20. The summed E-state index contributed by atoms with van der Waals surface area (Å²) in [5, 5.41) is 0. The molecule has 0 amide bonds. The number of ether oxygens (including phenoxy) is 1. The van der Waals surface area contributed by atoms with E-state index in [1.807, 2.05) is 0 Å². The minimum atomic E-state index is -3.30. The molecule has 1 rings (SSSR count). The molecule has 1 heterocycles. The van der Waals surface area contributed by atoms with E-state index in [2.05, 4.69) is 15.8 Å². The van der Waals surface area contributed by atoms with Gasteiger partial charge < -0.3 is 4.74 Å². The van der Waals surface area contributed by atoms with Gasteiger partial charge in [-0.25, -0.2) is 13.4 Å². The van der Waals surface area contributed by atoms with Gasteiger partial charge in [0, 0.05) is 12.3 Å². The molecule has 1 aromatic heterocycles. The van der Waals surface area contributed by atoms with Gasteiger partial charge in [-0.05, 0) is 6.07 Å². The molecular weight excluding hydrogens is 192 g/mol. The Morgan fingerprint density at radius 3 is 2.85 bits per heavy atom. The van der Waals surface area contributed by atoms with E-state index in [1.165, 1.54) is 19.4 Å². The summed E-state index contributed by atoms with van der Waals surface area (Å²) in [4.78, 5) is 3.78. The Morgan fingerprint density at radius 1 is 1.62 bits per heavy atom. The summed E-state index contributed by atoms with van der Waals surface area (Å²) in [5.41, 5.74) is 0.285. The van der Waals surface area contributed by atoms with Crippen molar-refractivity contribution in [2.24, 2.45) is 0 Å². The summed E-state index contributed by atoms with van der Waals surface area (Å²) >= 11 is 0. The zero-order chi connectivity index (χ0) is 9.90. The van der Waals surface area contributed by atoms with Gasteiger partial charge in [0.1, 0.15) is 5.69 Å². The smallest absolute Gasteiger partial charge is 0.238 e. The van der Waals surface area contributed by atoms with Gasteiger partial charge in [0.05, 0.1) is 13.4 Å². The molecule has 0 bridgehead atoms. The van der Waals surface area contributed by atoms with Crippen molar-refractivity contribution < 1.29 is 13.2 Å². The van der Waals surface area contributed by atoms with E-state index in [4.69, 9.17) is 4.74 Å². The van der Waals surface area contributed by atoms with E-state index in [-0.39, 0.29) is 11.6 Å². The Kier molecular flexibility index (Phi) is 2.72. The van der Waals surface area contributed by atoms with Crippen LogP contribution in [0, 0.1) is 6.07 Å². The van der Waals surface area contributed by atoms with Crippen molar-refractivity contribution in [3.63, 3.8) is 0 Å². The number of anilines is 1. The summed E-state index contributed by atoms with van der Waals surface area (Å²) in [6.07, 6.45) is 2.45. The Hall–Kier alpha value is -1.30. The topological polar surface area (TPSA) is 68.3 Å². The highest BCUT2D eigenvalue weighted by atomic mass is 32.2. The Labute approximate surface area is 76.8 Å². The maximum atomic E-state index is 10.9. The lowest BCUT2D eigenvalue weighted by Crippen LogP contribution is -2.10. The van der Waals surface area contributed by atoms with Crippen LogP contribution in [-0.2, 0) is 10.0 Å². The first-order chi connectivity index (χ1) is 6.03. The van der Waals surface area contributed by atoms with Crippen LogP contribution < -0.4 is 9.46 Å². The fourth-order valence-corrected chi connectivity index (χ4v) is 1.33. The molecule has 1 radical (unpaired) electrons. The lowest BCUT2D eigenvalue weighted by Gasteiger charge is -2.06. The molecule has 13 heavy (non-hydrogen) atoms. The molecule has 0 unspecified atom stereocenters. The molecule has 6 heteroatoms. The number of nitrogens with one attached hydrogen (secondary N) is 1. The maximum absolute atomic E-state index is 10.9. The van der Waals surface area contributed by atoms with E-state index in [1.54, 1.807) is 0 Å². The first-order valence-electron chi connectivity index (χ1n) is 3.41. The number of hydrogen-bond donors (Lipinski definition) is 1. The number of pyridine rings is 1. The average molecular weight is 201 g/mol. The number of sulfonamides is 1. The second kappa shape index (κ2) is 3.61. The van der Waals surface area contributed by atoms with E-state index < -0.39 is 10.0 Å². The molecule has 71 valence electrons. The standard InChI is InChI=1S/C7H9N2O3S/c1-12-7-6(4-3-5-8-7)9-13(2,10)11/h4-5,9H,1-2H3. The van der Waals surface area contributed by atoms with Crippen molar-refractivity contribution in [2.45, 2.75) is 0 Å². The fourth-order valence-electron chi connectivity index (χ4n) is 0.783. The zero-order valence-corrected chi connectivity index (χ0v) is 8.05. The maximum Gasteiger partial charge on any atom is 0.238 e. The van der Waals surface area contributed by atoms with Crippen LogP contribution in [0.25, 0.3) is 0 Å². The van der Waals surface area contributed by atoms with Crippen LogP contribution >= 0.6 is 0 Å². The predicted molar refractivity (Wildman–Crippen MR) is 48.1 cm³/mol. The number of hydrogen-bond acceptors (Lipinski definition) is 4. The van der Waals surface area contributed by atoms with Crippen LogP contribution in [0.2, 0.25) is 0 Å². The van der Waals surface area contributed by atoms with E-state index in [0.29, 0.717) is 0 Å². The van der Waals surface area contributed by atoms with E-state index in [9.17, 15) is 8.42 Å². The Balaban J connectivity index is 3.01. The summed E-state index contributed by atoms with van der Waals surface area (Å²) in [6.45, 7) is 0. The third kappa shape index (κ3) is 2.90.